The van der Waals surface area contributed by atoms with Gasteiger partial charge in [0.1, 0.15) is 8.07 Å². The van der Waals surface area contributed by atoms with E-state index in [9.17, 15) is 8.42 Å². The van der Waals surface area contributed by atoms with Crippen LogP contribution in [0.4, 0.5) is 0 Å². The van der Waals surface area contributed by atoms with Gasteiger partial charge in [0.2, 0.25) is 10.0 Å². The van der Waals surface area contributed by atoms with E-state index in [-0.39, 0.29) is 12.1 Å². The molecule has 3 nitrogen and oxygen atoms in total. The van der Waals surface area contributed by atoms with Gasteiger partial charge >= 0.3 is 0 Å². The zero-order valence-corrected chi connectivity index (χ0v) is 17.6. The lowest BCUT2D eigenvalue weighted by Gasteiger charge is -2.31. The van der Waals surface area contributed by atoms with Crippen molar-refractivity contribution in [3.05, 3.63) is 90.5 Å². The lowest BCUT2D eigenvalue weighted by molar-refractivity contribution is 0.546. The normalized spacial score (nSPS) is 25.2. The van der Waals surface area contributed by atoms with Gasteiger partial charge in [-0.1, -0.05) is 88.7 Å². The molecule has 5 heteroatoms. The van der Waals surface area contributed by atoms with Gasteiger partial charge in [0, 0.05) is 12.1 Å². The summed E-state index contributed by atoms with van der Waals surface area (Å²) in [6.07, 6.45) is 0. The Kier molecular flexibility index (Phi) is 4.09. The molecule has 0 spiro atoms. The third kappa shape index (κ3) is 2.69. The lowest BCUT2D eigenvalue weighted by atomic mass is 10.2. The predicted octanol–water partition coefficient (Wildman–Crippen LogP) is 3.01. The lowest BCUT2D eigenvalue weighted by Crippen LogP contribution is -2.58. The summed E-state index contributed by atoms with van der Waals surface area (Å²) in [6.45, 7) is 1.97. The number of nitrogens with zero attached hydrogens (tertiary/aromatic N) is 1. The molecule has 0 saturated carbocycles. The Balaban J connectivity index is 1.48. The molecule has 0 aliphatic carbocycles. The fraction of sp³-hybridized carbons (Fsp3) is 0.217. The molecule has 2 heterocycles. The highest BCUT2D eigenvalue weighted by atomic mass is 32.2. The Morgan fingerprint density at radius 2 is 1.21 bits per heavy atom. The van der Waals surface area contributed by atoms with Gasteiger partial charge in [-0.05, 0) is 31.1 Å². The number of sulfonamides is 1. The summed E-state index contributed by atoms with van der Waals surface area (Å²) in [5.74, 6) is 0. The molecule has 0 amide bonds. The SMILES string of the molecule is Cc1ccc(S(=O)(=O)N2C3C[Si](c4ccccc4)(c4ccccc4)CC32)cc1. The highest BCUT2D eigenvalue weighted by Gasteiger charge is 2.66. The Bertz CT molecular complexity index is 1040. The Morgan fingerprint density at radius 1 is 0.750 bits per heavy atom. The van der Waals surface area contributed by atoms with Crippen LogP contribution in [0.25, 0.3) is 0 Å². The number of fused-ring (bicyclic) bond motifs is 1. The largest absolute Gasteiger partial charge is 0.243 e. The van der Waals surface area contributed by atoms with Crippen LogP contribution in [0.2, 0.25) is 12.1 Å². The summed E-state index contributed by atoms with van der Waals surface area (Å²) >= 11 is 0. The Hall–Kier alpha value is -2.21. The van der Waals surface area contributed by atoms with E-state index in [1.165, 1.54) is 10.4 Å². The fourth-order valence-electron chi connectivity index (χ4n) is 4.90. The van der Waals surface area contributed by atoms with Crippen LogP contribution in [-0.4, -0.2) is 32.9 Å². The quantitative estimate of drug-likeness (QED) is 0.494. The van der Waals surface area contributed by atoms with E-state index in [0.717, 1.165) is 17.7 Å². The molecule has 2 aliphatic rings. The minimum Gasteiger partial charge on any atom is -0.207 e. The van der Waals surface area contributed by atoms with Gasteiger partial charge < -0.3 is 0 Å². The van der Waals surface area contributed by atoms with Crippen molar-refractivity contribution in [2.45, 2.75) is 36.0 Å². The first kappa shape index (κ1) is 17.9. The Morgan fingerprint density at radius 3 is 1.68 bits per heavy atom. The molecule has 2 unspecified atom stereocenters. The van der Waals surface area contributed by atoms with E-state index >= 15 is 0 Å². The summed E-state index contributed by atoms with van der Waals surface area (Å²) in [5.41, 5.74) is 1.07. The van der Waals surface area contributed by atoms with Crippen LogP contribution in [0.3, 0.4) is 0 Å². The standard InChI is InChI=1S/C23H23NO2SSi/c1-18-12-14-19(15-13-18)27(25,26)24-22-16-28(17-23(22)24,20-8-4-2-5-9-20)21-10-6-3-7-11-21/h2-15,22-23H,16-17H2,1H3. The van der Waals surface area contributed by atoms with Crippen molar-refractivity contribution in [3.63, 3.8) is 0 Å². The molecule has 5 rings (SSSR count). The maximum absolute atomic E-state index is 13.1. The number of aryl methyl sites for hydroxylation is 1. The molecule has 0 aromatic heterocycles. The van der Waals surface area contributed by atoms with Gasteiger partial charge in [-0.15, -0.1) is 0 Å². The van der Waals surface area contributed by atoms with Gasteiger partial charge in [-0.25, -0.2) is 8.42 Å². The first-order valence-corrected chi connectivity index (χ1v) is 13.6. The molecule has 0 radical (unpaired) electrons. The second-order valence-electron chi connectivity index (χ2n) is 8.01. The van der Waals surface area contributed by atoms with Gasteiger partial charge in [0.15, 0.2) is 0 Å². The number of benzene rings is 3. The third-order valence-electron chi connectivity index (χ3n) is 6.37. The highest BCUT2D eigenvalue weighted by Crippen LogP contribution is 2.50. The average Bonchev–Trinajstić information content (AvgIpc) is 3.27. The van der Waals surface area contributed by atoms with E-state index in [1.807, 2.05) is 19.1 Å². The highest BCUT2D eigenvalue weighted by molar-refractivity contribution is 7.89. The van der Waals surface area contributed by atoms with Crippen molar-refractivity contribution in [2.24, 2.45) is 0 Å². The van der Waals surface area contributed by atoms with E-state index in [0.29, 0.717) is 4.90 Å². The maximum Gasteiger partial charge on any atom is 0.243 e. The molecule has 0 N–H and O–H groups in total. The molecule has 2 aliphatic heterocycles. The summed E-state index contributed by atoms with van der Waals surface area (Å²) in [5, 5.41) is 2.84. The van der Waals surface area contributed by atoms with Crippen molar-refractivity contribution in [2.75, 3.05) is 0 Å². The van der Waals surface area contributed by atoms with Crippen molar-refractivity contribution in [1.29, 1.82) is 0 Å². The molecule has 2 fully saturated rings. The van der Waals surface area contributed by atoms with Gasteiger partial charge in [-0.2, -0.15) is 4.31 Å². The number of hydrogen-bond donors (Lipinski definition) is 0. The number of hydrogen-bond acceptors (Lipinski definition) is 2. The average molecular weight is 406 g/mol. The fourth-order valence-corrected chi connectivity index (χ4v) is 12.4. The molecule has 2 atom stereocenters. The maximum atomic E-state index is 13.1. The molecular formula is C23H23NO2SSi. The summed E-state index contributed by atoms with van der Waals surface area (Å²) in [4.78, 5) is 0.416. The van der Waals surface area contributed by atoms with Crippen LogP contribution < -0.4 is 10.4 Å². The summed E-state index contributed by atoms with van der Waals surface area (Å²) in [7, 11) is -5.34. The minimum absolute atomic E-state index is 0.137. The van der Waals surface area contributed by atoms with Crippen molar-refractivity contribution >= 4 is 28.5 Å². The molecule has 3 aromatic rings. The van der Waals surface area contributed by atoms with Gasteiger partial charge in [0.25, 0.3) is 0 Å². The number of rotatable bonds is 4. The van der Waals surface area contributed by atoms with E-state index < -0.39 is 18.1 Å². The second-order valence-corrected chi connectivity index (χ2v) is 14.0. The van der Waals surface area contributed by atoms with E-state index in [1.54, 1.807) is 16.4 Å². The monoisotopic (exact) mass is 405 g/mol. The van der Waals surface area contributed by atoms with Crippen LogP contribution in [0.5, 0.6) is 0 Å². The summed E-state index contributed by atoms with van der Waals surface area (Å²) < 4.78 is 28.0. The second kappa shape index (κ2) is 6.41. The first-order valence-electron chi connectivity index (χ1n) is 9.74. The van der Waals surface area contributed by atoms with E-state index in [4.69, 9.17) is 0 Å². The zero-order chi connectivity index (χ0) is 19.4. The molecule has 0 bridgehead atoms. The first-order chi connectivity index (χ1) is 13.5. The van der Waals surface area contributed by atoms with Gasteiger partial charge in [-0.3, -0.25) is 0 Å². The zero-order valence-electron chi connectivity index (χ0n) is 15.8. The molecule has 28 heavy (non-hydrogen) atoms. The molecule has 3 aromatic carbocycles. The third-order valence-corrected chi connectivity index (χ3v) is 13.4. The Labute approximate surface area is 167 Å². The molecular weight excluding hydrogens is 382 g/mol. The van der Waals surface area contributed by atoms with Crippen LogP contribution in [0, 0.1) is 6.92 Å². The smallest absolute Gasteiger partial charge is 0.207 e. The topological polar surface area (TPSA) is 37.1 Å². The van der Waals surface area contributed by atoms with Crippen molar-refractivity contribution in [1.82, 2.24) is 4.31 Å². The van der Waals surface area contributed by atoms with Crippen LogP contribution in [0.1, 0.15) is 5.56 Å². The summed E-state index contributed by atoms with van der Waals surface area (Å²) in [6, 6.07) is 30.9. The van der Waals surface area contributed by atoms with Crippen LogP contribution in [-0.2, 0) is 10.0 Å². The van der Waals surface area contributed by atoms with Crippen LogP contribution >= 0.6 is 0 Å². The minimum atomic E-state index is -3.40. The van der Waals surface area contributed by atoms with Crippen molar-refractivity contribution in [3.8, 4) is 0 Å². The van der Waals surface area contributed by atoms with Crippen molar-refractivity contribution < 1.29 is 8.42 Å². The van der Waals surface area contributed by atoms with E-state index in [2.05, 4.69) is 60.7 Å². The molecule has 142 valence electrons. The predicted molar refractivity (Wildman–Crippen MR) is 115 cm³/mol. The molecule has 2 saturated heterocycles. The van der Waals surface area contributed by atoms with Crippen LogP contribution in [0.15, 0.2) is 89.8 Å². The van der Waals surface area contributed by atoms with Gasteiger partial charge in [0.05, 0.1) is 4.90 Å².